The molecule has 1 aromatic heterocycles. The standard InChI is InChI=1S/C23H21Cl3N2O4/c1-27-12-15(8-9-21(30)32-3)16(17(13-27)22(31)23(24,25)26)11-20(29)19-10-14-6-4-5-7-18(14)28(19)2/h4-10,12-13,16H,11H2,1-3H3/b9-8+. The molecule has 0 N–H and O–H groups in total. The van der Waals surface area contributed by atoms with Crippen LogP contribution in [0, 0.1) is 5.92 Å². The first kappa shape index (κ1) is 24.1. The molecule has 0 saturated heterocycles. The van der Waals surface area contributed by atoms with Gasteiger partial charge in [0, 0.05) is 61.4 Å². The van der Waals surface area contributed by atoms with Gasteiger partial charge in [-0.3, -0.25) is 9.59 Å². The highest BCUT2D eigenvalue weighted by Crippen LogP contribution is 2.38. The Labute approximate surface area is 200 Å². The summed E-state index contributed by atoms with van der Waals surface area (Å²) < 4.78 is 4.26. The zero-order chi connectivity index (χ0) is 23.6. The summed E-state index contributed by atoms with van der Waals surface area (Å²) in [7, 11) is 4.76. The van der Waals surface area contributed by atoms with Crippen LogP contribution in [0.4, 0.5) is 0 Å². The maximum atomic E-state index is 13.3. The molecule has 2 heterocycles. The van der Waals surface area contributed by atoms with E-state index in [1.165, 1.54) is 25.5 Å². The highest BCUT2D eigenvalue weighted by Gasteiger charge is 2.39. The van der Waals surface area contributed by atoms with E-state index in [4.69, 9.17) is 34.8 Å². The second-order valence-corrected chi connectivity index (χ2v) is 9.67. The zero-order valence-electron chi connectivity index (χ0n) is 17.6. The molecule has 1 aromatic carbocycles. The van der Waals surface area contributed by atoms with Crippen molar-refractivity contribution in [1.82, 2.24) is 9.47 Å². The number of methoxy groups -OCH3 is 1. The first-order chi connectivity index (χ1) is 15.0. The number of rotatable bonds is 6. The molecule has 168 valence electrons. The fraction of sp³-hybridized carbons (Fsp3) is 0.261. The third-order valence-corrected chi connectivity index (χ3v) is 5.75. The van der Waals surface area contributed by atoms with Gasteiger partial charge in [-0.1, -0.05) is 53.0 Å². The minimum atomic E-state index is -2.19. The summed E-state index contributed by atoms with van der Waals surface area (Å²) in [6.45, 7) is 0. The molecular formula is C23H21Cl3N2O4. The topological polar surface area (TPSA) is 68.6 Å². The Kier molecular flexibility index (Phi) is 7.18. The number of hydrogen-bond donors (Lipinski definition) is 0. The minimum absolute atomic E-state index is 0.0618. The molecule has 9 heteroatoms. The molecule has 1 unspecified atom stereocenters. The van der Waals surface area contributed by atoms with E-state index < -0.39 is 21.5 Å². The lowest BCUT2D eigenvalue weighted by atomic mass is 9.83. The third kappa shape index (κ3) is 5.09. The quantitative estimate of drug-likeness (QED) is 0.250. The van der Waals surface area contributed by atoms with Crippen molar-refractivity contribution in [1.29, 1.82) is 0 Å². The second kappa shape index (κ2) is 9.53. The van der Waals surface area contributed by atoms with Gasteiger partial charge in [0.1, 0.15) is 0 Å². The molecule has 0 saturated carbocycles. The molecule has 32 heavy (non-hydrogen) atoms. The van der Waals surface area contributed by atoms with Gasteiger partial charge in [0.05, 0.1) is 12.8 Å². The number of carbonyl (C=O) groups excluding carboxylic acids is 3. The van der Waals surface area contributed by atoms with Gasteiger partial charge in [0.2, 0.25) is 5.78 Å². The molecule has 1 atom stereocenters. The van der Waals surface area contributed by atoms with Gasteiger partial charge in [-0.25, -0.2) is 4.79 Å². The van der Waals surface area contributed by atoms with Gasteiger partial charge in [0.25, 0.3) is 3.79 Å². The maximum absolute atomic E-state index is 13.3. The molecule has 1 aliphatic rings. The number of aryl methyl sites for hydroxylation is 1. The summed E-state index contributed by atoms with van der Waals surface area (Å²) in [5.74, 6) is -2.23. The Hall–Kier alpha value is -2.54. The van der Waals surface area contributed by atoms with Crippen molar-refractivity contribution >= 4 is 63.2 Å². The summed E-state index contributed by atoms with van der Waals surface area (Å²) in [6.07, 6.45) is 5.89. The molecule has 0 amide bonds. The van der Waals surface area contributed by atoms with Crippen LogP contribution in [0.3, 0.4) is 0 Å². The van der Waals surface area contributed by atoms with Crippen LogP contribution in [0.25, 0.3) is 10.9 Å². The van der Waals surface area contributed by atoms with E-state index in [0.717, 1.165) is 10.9 Å². The molecule has 1 aliphatic heterocycles. The van der Waals surface area contributed by atoms with Gasteiger partial charge >= 0.3 is 5.97 Å². The number of nitrogens with zero attached hydrogens (tertiary/aromatic N) is 2. The lowest BCUT2D eigenvalue weighted by Gasteiger charge is -2.29. The number of aromatic nitrogens is 1. The summed E-state index contributed by atoms with van der Waals surface area (Å²) in [5, 5.41) is 0.927. The summed E-state index contributed by atoms with van der Waals surface area (Å²) >= 11 is 17.6. The van der Waals surface area contributed by atoms with Crippen LogP contribution in [0.15, 0.2) is 66.0 Å². The first-order valence-corrected chi connectivity index (χ1v) is 10.8. The number of halogens is 3. The number of hydrogen-bond acceptors (Lipinski definition) is 5. The van der Waals surface area contributed by atoms with E-state index in [9.17, 15) is 14.4 Å². The second-order valence-electron chi connectivity index (χ2n) is 7.39. The Morgan fingerprint density at radius 1 is 1.12 bits per heavy atom. The van der Waals surface area contributed by atoms with Crippen molar-refractivity contribution < 1.29 is 19.1 Å². The van der Waals surface area contributed by atoms with Crippen molar-refractivity contribution in [3.8, 4) is 0 Å². The third-order valence-electron chi connectivity index (χ3n) is 5.23. The van der Waals surface area contributed by atoms with Gasteiger partial charge < -0.3 is 14.2 Å². The van der Waals surface area contributed by atoms with Crippen LogP contribution in [-0.4, -0.2) is 45.0 Å². The smallest absolute Gasteiger partial charge is 0.330 e. The Bertz CT molecular complexity index is 1170. The van der Waals surface area contributed by atoms with Crippen LogP contribution in [0.5, 0.6) is 0 Å². The number of benzene rings is 1. The molecule has 0 bridgehead atoms. The summed E-state index contributed by atoms with van der Waals surface area (Å²) in [6, 6.07) is 9.44. The highest BCUT2D eigenvalue weighted by atomic mass is 35.6. The predicted octanol–water partition coefficient (Wildman–Crippen LogP) is 4.75. The van der Waals surface area contributed by atoms with E-state index in [-0.39, 0.29) is 17.8 Å². The van der Waals surface area contributed by atoms with E-state index in [1.807, 2.05) is 24.3 Å². The monoisotopic (exact) mass is 494 g/mol. The van der Waals surface area contributed by atoms with Crippen molar-refractivity contribution in [3.05, 3.63) is 71.7 Å². The van der Waals surface area contributed by atoms with Gasteiger partial charge in [-0.05, 0) is 23.8 Å². The number of esters is 1. The van der Waals surface area contributed by atoms with Crippen LogP contribution < -0.4 is 0 Å². The Morgan fingerprint density at radius 3 is 2.44 bits per heavy atom. The number of para-hydroxylation sites is 1. The number of fused-ring (bicyclic) bond motifs is 1. The lowest BCUT2D eigenvalue weighted by Crippen LogP contribution is -2.31. The van der Waals surface area contributed by atoms with E-state index in [0.29, 0.717) is 11.3 Å². The lowest BCUT2D eigenvalue weighted by molar-refractivity contribution is -0.134. The van der Waals surface area contributed by atoms with Crippen LogP contribution in [0.2, 0.25) is 0 Å². The molecule has 0 fully saturated rings. The minimum Gasteiger partial charge on any atom is -0.466 e. The van der Waals surface area contributed by atoms with Crippen molar-refractivity contribution in [2.24, 2.45) is 13.0 Å². The fourth-order valence-corrected chi connectivity index (χ4v) is 4.02. The van der Waals surface area contributed by atoms with Crippen LogP contribution in [0.1, 0.15) is 16.9 Å². The average Bonchev–Trinajstić information content (AvgIpc) is 3.08. The molecule has 0 radical (unpaired) electrons. The van der Waals surface area contributed by atoms with E-state index >= 15 is 0 Å². The number of ketones is 2. The normalized spacial score (nSPS) is 16.8. The average molecular weight is 496 g/mol. The van der Waals surface area contributed by atoms with Crippen molar-refractivity contribution in [3.63, 3.8) is 0 Å². The van der Waals surface area contributed by atoms with Crippen LogP contribution >= 0.6 is 34.8 Å². The van der Waals surface area contributed by atoms with Crippen molar-refractivity contribution in [2.45, 2.75) is 10.2 Å². The number of alkyl halides is 3. The number of allylic oxidation sites excluding steroid dienone is 3. The Balaban J connectivity index is 2.02. The maximum Gasteiger partial charge on any atom is 0.330 e. The SMILES string of the molecule is COC(=O)/C=C/C1=CN(C)C=C(C(=O)C(Cl)(Cl)Cl)C1CC(=O)c1cc2ccccc2n1C. The fourth-order valence-electron chi connectivity index (χ4n) is 3.70. The largest absolute Gasteiger partial charge is 0.466 e. The summed E-state index contributed by atoms with van der Waals surface area (Å²) in [5.41, 5.74) is 2.09. The predicted molar refractivity (Wildman–Crippen MR) is 126 cm³/mol. The molecule has 0 spiro atoms. The van der Waals surface area contributed by atoms with Gasteiger partial charge in [-0.15, -0.1) is 0 Å². The summed E-state index contributed by atoms with van der Waals surface area (Å²) in [4.78, 5) is 39.5. The van der Waals surface area contributed by atoms with Gasteiger partial charge in [-0.2, -0.15) is 0 Å². The van der Waals surface area contributed by atoms with E-state index in [1.54, 1.807) is 35.8 Å². The molecule has 3 rings (SSSR count). The number of carbonyl (C=O) groups is 3. The Morgan fingerprint density at radius 2 is 1.81 bits per heavy atom. The highest BCUT2D eigenvalue weighted by molar-refractivity contribution is 6.77. The number of ether oxygens (including phenoxy) is 1. The molecule has 6 nitrogen and oxygen atoms in total. The molecular weight excluding hydrogens is 475 g/mol. The zero-order valence-corrected chi connectivity index (χ0v) is 19.9. The van der Waals surface area contributed by atoms with Gasteiger partial charge in [0.15, 0.2) is 5.78 Å². The van der Waals surface area contributed by atoms with E-state index in [2.05, 4.69) is 4.74 Å². The number of Topliss-reactive ketones (excluding diaryl/α,β-unsaturated/α-hetero) is 2. The van der Waals surface area contributed by atoms with Crippen LogP contribution in [-0.2, 0) is 21.4 Å². The molecule has 2 aromatic rings. The first-order valence-electron chi connectivity index (χ1n) is 9.63. The molecule has 0 aliphatic carbocycles. The van der Waals surface area contributed by atoms with Crippen molar-refractivity contribution in [2.75, 3.05) is 14.2 Å².